The molecule has 2 rings (SSSR count). The Bertz CT molecular complexity index is 1080. The zero-order valence-electron chi connectivity index (χ0n) is 18.6. The van der Waals surface area contributed by atoms with Gasteiger partial charge in [-0.25, -0.2) is 4.79 Å². The van der Waals surface area contributed by atoms with Gasteiger partial charge in [-0.3, -0.25) is 4.72 Å². The van der Waals surface area contributed by atoms with Gasteiger partial charge in [-0.05, 0) is 66.8 Å². The number of hydrogen-bond donors (Lipinski definition) is 4. The van der Waals surface area contributed by atoms with Crippen LogP contribution in [0, 0.1) is 11.3 Å². The van der Waals surface area contributed by atoms with Crippen molar-refractivity contribution in [1.82, 2.24) is 4.72 Å². The van der Waals surface area contributed by atoms with Crippen molar-refractivity contribution >= 4 is 27.6 Å². The molecule has 1 atom stereocenters. The van der Waals surface area contributed by atoms with E-state index in [4.69, 9.17) is 5.26 Å². The molecule has 2 aromatic carbocycles. The lowest BCUT2D eigenvalue weighted by atomic mass is 9.85. The minimum Gasteiger partial charge on any atom is -0.479 e. The fourth-order valence-electron chi connectivity index (χ4n) is 3.34. The van der Waals surface area contributed by atoms with Crippen molar-refractivity contribution in [3.63, 3.8) is 0 Å². The lowest BCUT2D eigenvalue weighted by Gasteiger charge is -2.32. The van der Waals surface area contributed by atoms with Gasteiger partial charge in [-0.1, -0.05) is 33.3 Å². The smallest absolute Gasteiger partial charge is 0.334 e. The number of rotatable bonds is 12. The molecule has 0 aliphatic carbocycles. The van der Waals surface area contributed by atoms with E-state index in [0.717, 1.165) is 12.0 Å². The zero-order chi connectivity index (χ0) is 23.8. The van der Waals surface area contributed by atoms with Crippen LogP contribution < -0.4 is 14.8 Å². The van der Waals surface area contributed by atoms with Gasteiger partial charge in [0.2, 0.25) is 0 Å². The Morgan fingerprint density at radius 1 is 1.09 bits per heavy atom. The van der Waals surface area contributed by atoms with Gasteiger partial charge in [0.05, 0.1) is 17.3 Å². The summed E-state index contributed by atoms with van der Waals surface area (Å²) in [5, 5.41) is 22.3. The van der Waals surface area contributed by atoms with Gasteiger partial charge >= 0.3 is 5.97 Å². The number of unbranched alkanes of at least 4 members (excludes halogenated alkanes) is 1. The Balaban J connectivity index is 2.48. The van der Waals surface area contributed by atoms with E-state index in [1.807, 2.05) is 19.9 Å². The number of nitrogens with zero attached hydrogens (tertiary/aromatic N) is 1. The SMILES string of the molecule is CCCCNS(=O)(=O)Nc1cc(CC)cc(C(CC)(Nc2ccc(C#N)cc2)C(=O)O)c1. The van der Waals surface area contributed by atoms with E-state index < -0.39 is 21.7 Å². The molecule has 8 nitrogen and oxygen atoms in total. The lowest BCUT2D eigenvalue weighted by Crippen LogP contribution is -2.43. The van der Waals surface area contributed by atoms with Crippen LogP contribution in [0.1, 0.15) is 56.7 Å². The summed E-state index contributed by atoms with van der Waals surface area (Å²) < 4.78 is 29.8. The predicted octanol–water partition coefficient (Wildman–Crippen LogP) is 3.97. The summed E-state index contributed by atoms with van der Waals surface area (Å²) in [4.78, 5) is 12.5. The number of nitriles is 1. The van der Waals surface area contributed by atoms with Gasteiger partial charge in [0, 0.05) is 12.2 Å². The van der Waals surface area contributed by atoms with Crippen molar-refractivity contribution in [2.45, 2.75) is 52.0 Å². The minimum atomic E-state index is -3.79. The first-order chi connectivity index (χ1) is 15.2. The molecular formula is C23H30N4O4S. The van der Waals surface area contributed by atoms with Crippen LogP contribution in [0.2, 0.25) is 0 Å². The molecule has 0 heterocycles. The first kappa shape index (κ1) is 25.2. The Kier molecular flexibility index (Phi) is 8.63. The summed E-state index contributed by atoms with van der Waals surface area (Å²) in [6, 6.07) is 13.6. The zero-order valence-corrected chi connectivity index (χ0v) is 19.4. The molecule has 0 radical (unpaired) electrons. The molecule has 0 aromatic heterocycles. The van der Waals surface area contributed by atoms with Crippen molar-refractivity contribution in [1.29, 1.82) is 5.26 Å². The maximum absolute atomic E-state index is 12.5. The van der Waals surface area contributed by atoms with Gasteiger partial charge < -0.3 is 10.4 Å². The number of anilines is 2. The highest BCUT2D eigenvalue weighted by Gasteiger charge is 2.39. The fraction of sp³-hybridized carbons (Fsp3) is 0.391. The molecule has 9 heteroatoms. The Labute approximate surface area is 189 Å². The number of nitrogens with one attached hydrogen (secondary N) is 3. The van der Waals surface area contributed by atoms with Crippen LogP contribution in [-0.2, 0) is 27.0 Å². The number of aliphatic carboxylic acids is 1. The van der Waals surface area contributed by atoms with Gasteiger partial charge in [0.25, 0.3) is 10.2 Å². The van der Waals surface area contributed by atoms with E-state index in [9.17, 15) is 18.3 Å². The van der Waals surface area contributed by atoms with E-state index in [2.05, 4.69) is 14.8 Å². The van der Waals surface area contributed by atoms with Crippen LogP contribution in [-0.4, -0.2) is 26.0 Å². The quantitative estimate of drug-likeness (QED) is 0.356. The Morgan fingerprint density at radius 2 is 1.78 bits per heavy atom. The normalized spacial score (nSPS) is 13.1. The average Bonchev–Trinajstić information content (AvgIpc) is 2.77. The molecule has 0 fully saturated rings. The highest BCUT2D eigenvalue weighted by atomic mass is 32.2. The van der Waals surface area contributed by atoms with E-state index in [-0.39, 0.29) is 6.42 Å². The summed E-state index contributed by atoms with van der Waals surface area (Å²) in [5.41, 5.74) is 1.04. The molecule has 1 unspecified atom stereocenters. The summed E-state index contributed by atoms with van der Waals surface area (Å²) in [7, 11) is -3.79. The number of aryl methyl sites for hydroxylation is 1. The second-order valence-corrected chi connectivity index (χ2v) is 9.00. The van der Waals surface area contributed by atoms with Crippen LogP contribution in [0.25, 0.3) is 0 Å². The molecule has 2 aromatic rings. The number of benzene rings is 2. The molecule has 0 saturated heterocycles. The average molecular weight is 459 g/mol. The minimum absolute atomic E-state index is 0.205. The molecule has 0 aliphatic rings. The molecule has 4 N–H and O–H groups in total. The maximum Gasteiger partial charge on any atom is 0.334 e. The van der Waals surface area contributed by atoms with E-state index in [0.29, 0.717) is 41.9 Å². The molecule has 0 aliphatic heterocycles. The monoisotopic (exact) mass is 458 g/mol. The molecule has 172 valence electrons. The van der Waals surface area contributed by atoms with Crippen molar-refractivity contribution in [2.75, 3.05) is 16.6 Å². The molecule has 0 saturated carbocycles. The number of carbonyl (C=O) groups is 1. The van der Waals surface area contributed by atoms with Crippen molar-refractivity contribution in [2.24, 2.45) is 0 Å². The maximum atomic E-state index is 12.5. The summed E-state index contributed by atoms with van der Waals surface area (Å²) in [6.07, 6.45) is 2.38. The third-order valence-corrected chi connectivity index (χ3v) is 6.32. The topological polar surface area (TPSA) is 131 Å². The van der Waals surface area contributed by atoms with E-state index >= 15 is 0 Å². The highest BCUT2D eigenvalue weighted by Crippen LogP contribution is 2.33. The summed E-state index contributed by atoms with van der Waals surface area (Å²) >= 11 is 0. The number of carboxylic acids is 1. The van der Waals surface area contributed by atoms with Crippen LogP contribution in [0.15, 0.2) is 42.5 Å². The predicted molar refractivity (Wildman–Crippen MR) is 126 cm³/mol. The van der Waals surface area contributed by atoms with Crippen LogP contribution >= 0.6 is 0 Å². The van der Waals surface area contributed by atoms with Crippen molar-refractivity contribution in [3.05, 3.63) is 59.2 Å². The van der Waals surface area contributed by atoms with Crippen LogP contribution in [0.4, 0.5) is 11.4 Å². The van der Waals surface area contributed by atoms with Gasteiger partial charge in [-0.2, -0.15) is 18.4 Å². The number of carboxylic acid groups (broad SMARTS) is 1. The molecule has 0 bridgehead atoms. The van der Waals surface area contributed by atoms with Crippen molar-refractivity contribution in [3.8, 4) is 6.07 Å². The summed E-state index contributed by atoms with van der Waals surface area (Å²) in [6.45, 7) is 5.95. The van der Waals surface area contributed by atoms with Gasteiger partial charge in [-0.15, -0.1) is 0 Å². The third kappa shape index (κ3) is 6.22. The van der Waals surface area contributed by atoms with Crippen LogP contribution in [0.5, 0.6) is 0 Å². The molecule has 0 amide bonds. The lowest BCUT2D eigenvalue weighted by molar-refractivity contribution is -0.142. The van der Waals surface area contributed by atoms with E-state index in [1.165, 1.54) is 0 Å². The van der Waals surface area contributed by atoms with E-state index in [1.54, 1.807) is 49.4 Å². The second kappa shape index (κ2) is 11.0. The second-order valence-electron chi connectivity index (χ2n) is 7.50. The standard InChI is InChI=1S/C23H30N4O4S/c1-4-7-12-25-32(30,31)27-21-14-17(5-2)13-19(15-21)23(6-3,22(28)29)26-20-10-8-18(16-24)9-11-20/h8-11,13-15,25-27H,4-7,12H2,1-3H3,(H,28,29). The van der Waals surface area contributed by atoms with Crippen LogP contribution in [0.3, 0.4) is 0 Å². The third-order valence-electron chi connectivity index (χ3n) is 5.24. The first-order valence-electron chi connectivity index (χ1n) is 10.6. The van der Waals surface area contributed by atoms with Gasteiger partial charge in [0.15, 0.2) is 5.54 Å². The first-order valence-corrected chi connectivity index (χ1v) is 12.1. The fourth-order valence-corrected chi connectivity index (χ4v) is 4.26. The number of hydrogen-bond acceptors (Lipinski definition) is 5. The molecule has 0 spiro atoms. The Morgan fingerprint density at radius 3 is 2.31 bits per heavy atom. The largest absolute Gasteiger partial charge is 0.479 e. The van der Waals surface area contributed by atoms with Gasteiger partial charge in [0.1, 0.15) is 0 Å². The highest BCUT2D eigenvalue weighted by molar-refractivity contribution is 7.90. The Hall–Kier alpha value is -3.09. The molecule has 32 heavy (non-hydrogen) atoms. The van der Waals surface area contributed by atoms with Crippen molar-refractivity contribution < 1.29 is 18.3 Å². The summed E-state index contributed by atoms with van der Waals surface area (Å²) in [5.74, 6) is -1.09. The molecular weight excluding hydrogens is 428 g/mol.